The summed E-state index contributed by atoms with van der Waals surface area (Å²) in [6.45, 7) is 8.06. The molecule has 0 radical (unpaired) electrons. The molecule has 0 saturated carbocycles. The van der Waals surface area contributed by atoms with Crippen LogP contribution in [0.25, 0.3) is 0 Å². The predicted octanol–water partition coefficient (Wildman–Crippen LogP) is 4.15. The third kappa shape index (κ3) is 6.09. The number of carbonyl (C=O) groups excluding carboxylic acids is 2. The van der Waals surface area contributed by atoms with Gasteiger partial charge in [0.05, 0.1) is 5.92 Å². The number of nitrogens with zero attached hydrogens (tertiary/aromatic N) is 1. The number of nitrogens with one attached hydrogen (secondary N) is 2. The highest BCUT2D eigenvalue weighted by Crippen LogP contribution is 2.25. The van der Waals surface area contributed by atoms with Gasteiger partial charge in [-0.25, -0.2) is 4.79 Å². The molecular formula is C25H33N3O2. The summed E-state index contributed by atoms with van der Waals surface area (Å²) >= 11 is 0. The summed E-state index contributed by atoms with van der Waals surface area (Å²) in [6.07, 6.45) is 1.80. The second-order valence-corrected chi connectivity index (χ2v) is 9.11. The molecule has 1 fully saturated rings. The highest BCUT2D eigenvalue weighted by atomic mass is 16.2. The fourth-order valence-electron chi connectivity index (χ4n) is 3.87. The van der Waals surface area contributed by atoms with Gasteiger partial charge < -0.3 is 15.5 Å². The first-order valence-electron chi connectivity index (χ1n) is 10.8. The fraction of sp³-hybridized carbons (Fsp3) is 0.440. The maximum atomic E-state index is 13.1. The van der Waals surface area contributed by atoms with Crippen molar-refractivity contribution in [3.63, 3.8) is 0 Å². The lowest BCUT2D eigenvalue weighted by Crippen LogP contribution is -2.51. The first-order chi connectivity index (χ1) is 14.3. The van der Waals surface area contributed by atoms with Crippen molar-refractivity contribution in [2.24, 2.45) is 5.92 Å². The van der Waals surface area contributed by atoms with Crippen molar-refractivity contribution in [3.05, 3.63) is 71.8 Å². The van der Waals surface area contributed by atoms with Crippen LogP contribution in [0.2, 0.25) is 0 Å². The second kappa shape index (κ2) is 9.79. The zero-order valence-corrected chi connectivity index (χ0v) is 18.2. The van der Waals surface area contributed by atoms with Crippen LogP contribution in [-0.2, 0) is 4.79 Å². The largest absolute Gasteiger partial charge is 0.355 e. The number of rotatable bonds is 5. The quantitative estimate of drug-likeness (QED) is 0.782. The smallest absolute Gasteiger partial charge is 0.317 e. The fourth-order valence-corrected chi connectivity index (χ4v) is 3.87. The highest BCUT2D eigenvalue weighted by Gasteiger charge is 2.27. The van der Waals surface area contributed by atoms with Gasteiger partial charge in [-0.15, -0.1) is 0 Å². The Hall–Kier alpha value is -2.82. The molecule has 1 aliphatic heterocycles. The summed E-state index contributed by atoms with van der Waals surface area (Å²) in [7, 11) is 0. The molecule has 0 aromatic heterocycles. The molecule has 30 heavy (non-hydrogen) atoms. The van der Waals surface area contributed by atoms with E-state index in [1.165, 1.54) is 0 Å². The third-order valence-electron chi connectivity index (χ3n) is 5.48. The van der Waals surface area contributed by atoms with Crippen molar-refractivity contribution >= 4 is 11.9 Å². The minimum atomic E-state index is -0.315. The van der Waals surface area contributed by atoms with Gasteiger partial charge in [0.1, 0.15) is 0 Å². The third-order valence-corrected chi connectivity index (χ3v) is 5.48. The molecular weight excluding hydrogens is 374 g/mol. The molecule has 3 amide bonds. The Morgan fingerprint density at radius 2 is 1.43 bits per heavy atom. The minimum absolute atomic E-state index is 0.00166. The van der Waals surface area contributed by atoms with Crippen molar-refractivity contribution in [2.45, 2.75) is 45.1 Å². The average molecular weight is 408 g/mol. The first-order valence-corrected chi connectivity index (χ1v) is 10.8. The molecule has 0 spiro atoms. The number of amides is 3. The molecule has 2 N–H and O–H groups in total. The van der Waals surface area contributed by atoms with E-state index in [1.54, 1.807) is 0 Å². The van der Waals surface area contributed by atoms with E-state index in [9.17, 15) is 9.59 Å². The Morgan fingerprint density at radius 3 is 1.90 bits per heavy atom. The lowest BCUT2D eigenvalue weighted by Gasteiger charge is -2.34. The standard InChI is InChI=1S/C25H33N3O2/c1-25(2,3)27-24(30)28-16-14-19(15-17-28)18-26-23(29)22(20-10-6-4-7-11-20)21-12-8-5-9-13-21/h4-13,19,22H,14-18H2,1-3H3,(H,26,29)(H,27,30). The second-order valence-electron chi connectivity index (χ2n) is 9.11. The van der Waals surface area contributed by atoms with E-state index in [0.29, 0.717) is 12.5 Å². The van der Waals surface area contributed by atoms with Gasteiger partial charge in [-0.2, -0.15) is 0 Å². The van der Waals surface area contributed by atoms with Gasteiger partial charge in [-0.1, -0.05) is 60.7 Å². The van der Waals surface area contributed by atoms with E-state index in [1.807, 2.05) is 86.3 Å². The van der Waals surface area contributed by atoms with E-state index in [4.69, 9.17) is 0 Å². The maximum absolute atomic E-state index is 13.1. The summed E-state index contributed by atoms with van der Waals surface area (Å²) in [5.74, 6) is 0.102. The van der Waals surface area contributed by atoms with Crippen LogP contribution in [0, 0.1) is 5.92 Å². The summed E-state index contributed by atoms with van der Waals surface area (Å²) in [6, 6.07) is 19.8. The lowest BCUT2D eigenvalue weighted by molar-refractivity contribution is -0.121. The molecule has 1 heterocycles. The molecule has 5 heteroatoms. The number of hydrogen-bond donors (Lipinski definition) is 2. The van der Waals surface area contributed by atoms with Crippen LogP contribution >= 0.6 is 0 Å². The van der Waals surface area contributed by atoms with Crippen LogP contribution < -0.4 is 10.6 Å². The molecule has 3 rings (SSSR count). The summed E-state index contributed by atoms with van der Waals surface area (Å²) in [4.78, 5) is 27.3. The van der Waals surface area contributed by atoms with E-state index in [-0.39, 0.29) is 23.4 Å². The van der Waals surface area contributed by atoms with Crippen LogP contribution in [0.4, 0.5) is 4.79 Å². The Labute approximate surface area is 179 Å². The number of carbonyl (C=O) groups is 2. The molecule has 0 atom stereocenters. The van der Waals surface area contributed by atoms with Crippen LogP contribution in [0.1, 0.15) is 50.7 Å². The molecule has 0 unspecified atom stereocenters. The molecule has 5 nitrogen and oxygen atoms in total. The van der Waals surface area contributed by atoms with Crippen LogP contribution in [0.3, 0.4) is 0 Å². The van der Waals surface area contributed by atoms with Gasteiger partial charge in [0.2, 0.25) is 5.91 Å². The van der Waals surface area contributed by atoms with Gasteiger partial charge in [-0.05, 0) is 50.7 Å². The van der Waals surface area contributed by atoms with E-state index >= 15 is 0 Å². The van der Waals surface area contributed by atoms with Crippen molar-refractivity contribution < 1.29 is 9.59 Å². The van der Waals surface area contributed by atoms with Crippen LogP contribution in [0.15, 0.2) is 60.7 Å². The number of likely N-dealkylation sites (tertiary alicyclic amines) is 1. The first kappa shape index (κ1) is 21.9. The van der Waals surface area contributed by atoms with Crippen LogP contribution in [0.5, 0.6) is 0 Å². The van der Waals surface area contributed by atoms with E-state index < -0.39 is 0 Å². The monoisotopic (exact) mass is 407 g/mol. The molecule has 0 aliphatic carbocycles. The Kier molecular flexibility index (Phi) is 7.14. The lowest BCUT2D eigenvalue weighted by atomic mass is 9.90. The van der Waals surface area contributed by atoms with Gasteiger partial charge in [-0.3, -0.25) is 4.79 Å². The normalized spacial score (nSPS) is 15.1. The Bertz CT molecular complexity index is 783. The van der Waals surface area contributed by atoms with Gasteiger partial charge in [0.15, 0.2) is 0 Å². The molecule has 1 saturated heterocycles. The topological polar surface area (TPSA) is 61.4 Å². The summed E-state index contributed by atoms with van der Waals surface area (Å²) in [5.41, 5.74) is 1.76. The van der Waals surface area contributed by atoms with Crippen molar-refractivity contribution in [2.75, 3.05) is 19.6 Å². The maximum Gasteiger partial charge on any atom is 0.317 e. The van der Waals surface area contributed by atoms with E-state index in [2.05, 4.69) is 10.6 Å². The number of piperidine rings is 1. The molecule has 1 aliphatic rings. The van der Waals surface area contributed by atoms with Crippen molar-refractivity contribution in [3.8, 4) is 0 Å². The average Bonchev–Trinajstić information content (AvgIpc) is 2.73. The molecule has 2 aromatic rings. The molecule has 0 bridgehead atoms. The molecule has 160 valence electrons. The Balaban J connectivity index is 1.56. The van der Waals surface area contributed by atoms with Gasteiger partial charge in [0.25, 0.3) is 0 Å². The summed E-state index contributed by atoms with van der Waals surface area (Å²) < 4.78 is 0. The number of hydrogen-bond acceptors (Lipinski definition) is 2. The van der Waals surface area contributed by atoms with Gasteiger partial charge in [0, 0.05) is 25.2 Å². The highest BCUT2D eigenvalue weighted by molar-refractivity contribution is 5.87. The predicted molar refractivity (Wildman–Crippen MR) is 120 cm³/mol. The SMILES string of the molecule is CC(C)(C)NC(=O)N1CCC(CNC(=O)C(c2ccccc2)c2ccccc2)CC1. The van der Waals surface area contributed by atoms with E-state index in [0.717, 1.165) is 37.1 Å². The Morgan fingerprint density at radius 1 is 0.933 bits per heavy atom. The number of benzene rings is 2. The minimum Gasteiger partial charge on any atom is -0.355 e. The summed E-state index contributed by atoms with van der Waals surface area (Å²) in [5, 5.41) is 6.20. The van der Waals surface area contributed by atoms with Crippen molar-refractivity contribution in [1.29, 1.82) is 0 Å². The van der Waals surface area contributed by atoms with Crippen LogP contribution in [-0.4, -0.2) is 42.0 Å². The van der Waals surface area contributed by atoms with Crippen molar-refractivity contribution in [1.82, 2.24) is 15.5 Å². The zero-order chi connectivity index (χ0) is 21.6. The number of urea groups is 1. The van der Waals surface area contributed by atoms with Gasteiger partial charge >= 0.3 is 6.03 Å². The zero-order valence-electron chi connectivity index (χ0n) is 18.2. The molecule has 2 aromatic carbocycles.